The van der Waals surface area contributed by atoms with E-state index < -0.39 is 0 Å². The molecule has 0 aromatic carbocycles. The smallest absolute Gasteiger partial charge is 0.233 e. The molecule has 2 aliphatic rings. The average molecular weight is 382 g/mol. The maximum Gasteiger partial charge on any atom is 0.233 e. The van der Waals surface area contributed by atoms with E-state index >= 15 is 0 Å². The molecule has 8 heteroatoms. The summed E-state index contributed by atoms with van der Waals surface area (Å²) in [6, 6.07) is 0. The summed E-state index contributed by atoms with van der Waals surface area (Å²) in [5.74, 6) is 2.53. The summed E-state index contributed by atoms with van der Waals surface area (Å²) in [5, 5.41) is 1.30. The highest BCUT2D eigenvalue weighted by Crippen LogP contribution is 2.39. The first kappa shape index (κ1) is 16.7. The highest BCUT2D eigenvalue weighted by Gasteiger charge is 2.25. The fraction of sp³-hybridized carbons (Fsp3) is 0.474. The Hall–Kier alpha value is -2.48. The lowest BCUT2D eigenvalue weighted by molar-refractivity contribution is 0.395. The number of ether oxygens (including phenoxy) is 1. The average Bonchev–Trinajstić information content (AvgIpc) is 3.13. The number of piperazine rings is 1. The van der Waals surface area contributed by atoms with Crippen LogP contribution in [0, 0.1) is 0 Å². The maximum absolute atomic E-state index is 5.20. The van der Waals surface area contributed by atoms with E-state index in [2.05, 4.69) is 24.8 Å². The van der Waals surface area contributed by atoms with Crippen LogP contribution < -0.4 is 14.5 Å². The van der Waals surface area contributed by atoms with Gasteiger partial charge in [0, 0.05) is 31.1 Å². The molecule has 0 unspecified atom stereocenters. The van der Waals surface area contributed by atoms with E-state index in [0.717, 1.165) is 49.1 Å². The summed E-state index contributed by atoms with van der Waals surface area (Å²) in [6.45, 7) is 3.60. The SMILES string of the molecule is COc1cncc(N2CCN(c3ncnc4sc5c(c34)CCCC5)CC2)n1. The predicted molar refractivity (Wildman–Crippen MR) is 107 cm³/mol. The Morgan fingerprint density at radius 2 is 1.81 bits per heavy atom. The summed E-state index contributed by atoms with van der Waals surface area (Å²) in [7, 11) is 1.62. The number of hydrogen-bond acceptors (Lipinski definition) is 8. The van der Waals surface area contributed by atoms with Crippen molar-refractivity contribution in [3.63, 3.8) is 0 Å². The van der Waals surface area contributed by atoms with E-state index in [4.69, 9.17) is 9.72 Å². The highest BCUT2D eigenvalue weighted by atomic mass is 32.1. The minimum Gasteiger partial charge on any atom is -0.480 e. The zero-order chi connectivity index (χ0) is 18.2. The monoisotopic (exact) mass is 382 g/mol. The molecule has 0 radical (unpaired) electrons. The largest absolute Gasteiger partial charge is 0.480 e. The fourth-order valence-electron chi connectivity index (χ4n) is 4.05. The Bertz CT molecular complexity index is 966. The third-order valence-corrected chi connectivity index (χ3v) is 6.64. The number of thiophene rings is 1. The normalized spacial score (nSPS) is 17.2. The van der Waals surface area contributed by atoms with Gasteiger partial charge in [0.25, 0.3) is 0 Å². The molecule has 5 rings (SSSR count). The van der Waals surface area contributed by atoms with Gasteiger partial charge in [-0.1, -0.05) is 0 Å². The maximum atomic E-state index is 5.20. The Labute approximate surface area is 162 Å². The summed E-state index contributed by atoms with van der Waals surface area (Å²) < 4.78 is 5.20. The van der Waals surface area contributed by atoms with Crippen LogP contribution in [0.15, 0.2) is 18.7 Å². The topological polar surface area (TPSA) is 67.3 Å². The molecule has 7 nitrogen and oxygen atoms in total. The van der Waals surface area contributed by atoms with Crippen molar-refractivity contribution >= 4 is 33.2 Å². The van der Waals surface area contributed by atoms with Crippen molar-refractivity contribution < 1.29 is 4.74 Å². The molecule has 1 fully saturated rings. The number of aromatic nitrogens is 4. The van der Waals surface area contributed by atoms with Gasteiger partial charge in [-0.3, -0.25) is 4.98 Å². The zero-order valence-corrected chi connectivity index (χ0v) is 16.2. The van der Waals surface area contributed by atoms with E-state index in [-0.39, 0.29) is 0 Å². The molecular weight excluding hydrogens is 360 g/mol. The summed E-state index contributed by atoms with van der Waals surface area (Å²) >= 11 is 1.86. The molecule has 3 aromatic heterocycles. The van der Waals surface area contributed by atoms with Crippen molar-refractivity contribution in [1.82, 2.24) is 19.9 Å². The predicted octanol–water partition coefficient (Wildman–Crippen LogP) is 2.70. The lowest BCUT2D eigenvalue weighted by atomic mass is 9.97. The fourth-order valence-corrected chi connectivity index (χ4v) is 5.27. The first-order valence-corrected chi connectivity index (χ1v) is 10.3. The van der Waals surface area contributed by atoms with Crippen LogP contribution in [0.1, 0.15) is 23.3 Å². The number of anilines is 2. The molecule has 1 saturated heterocycles. The van der Waals surface area contributed by atoms with Crippen LogP contribution in [-0.2, 0) is 12.8 Å². The third-order valence-electron chi connectivity index (χ3n) is 5.44. The Kier molecular flexibility index (Phi) is 4.27. The third kappa shape index (κ3) is 2.97. The molecule has 1 aliphatic carbocycles. The van der Waals surface area contributed by atoms with Crippen LogP contribution in [0.25, 0.3) is 10.2 Å². The number of rotatable bonds is 3. The van der Waals surface area contributed by atoms with E-state index in [0.29, 0.717) is 5.88 Å². The number of hydrogen-bond donors (Lipinski definition) is 0. The van der Waals surface area contributed by atoms with Gasteiger partial charge >= 0.3 is 0 Å². The molecule has 0 bridgehead atoms. The van der Waals surface area contributed by atoms with Crippen molar-refractivity contribution in [2.75, 3.05) is 43.1 Å². The Morgan fingerprint density at radius 1 is 1.00 bits per heavy atom. The van der Waals surface area contributed by atoms with Crippen LogP contribution >= 0.6 is 11.3 Å². The molecule has 3 aromatic rings. The lowest BCUT2D eigenvalue weighted by Gasteiger charge is -2.36. The number of aryl methyl sites for hydroxylation is 2. The molecular formula is C19H22N6OS. The highest BCUT2D eigenvalue weighted by molar-refractivity contribution is 7.19. The van der Waals surface area contributed by atoms with Crippen molar-refractivity contribution in [1.29, 1.82) is 0 Å². The van der Waals surface area contributed by atoms with Gasteiger partial charge in [0.15, 0.2) is 5.82 Å². The van der Waals surface area contributed by atoms with Crippen molar-refractivity contribution in [3.8, 4) is 5.88 Å². The molecule has 0 N–H and O–H groups in total. The van der Waals surface area contributed by atoms with Gasteiger partial charge in [0.2, 0.25) is 5.88 Å². The van der Waals surface area contributed by atoms with E-state index in [9.17, 15) is 0 Å². The molecule has 0 amide bonds. The van der Waals surface area contributed by atoms with Crippen LogP contribution in [-0.4, -0.2) is 53.2 Å². The minimum absolute atomic E-state index is 0.553. The van der Waals surface area contributed by atoms with Gasteiger partial charge < -0.3 is 14.5 Å². The van der Waals surface area contributed by atoms with E-state index in [1.54, 1.807) is 25.8 Å². The molecule has 0 atom stereocenters. The summed E-state index contributed by atoms with van der Waals surface area (Å²) in [6.07, 6.45) is 10.1. The molecule has 27 heavy (non-hydrogen) atoms. The van der Waals surface area contributed by atoms with E-state index in [1.165, 1.54) is 35.1 Å². The van der Waals surface area contributed by atoms with Crippen LogP contribution in [0.4, 0.5) is 11.6 Å². The van der Waals surface area contributed by atoms with Crippen LogP contribution in [0.5, 0.6) is 5.88 Å². The molecule has 0 spiro atoms. The van der Waals surface area contributed by atoms with Crippen molar-refractivity contribution in [2.45, 2.75) is 25.7 Å². The van der Waals surface area contributed by atoms with Gasteiger partial charge in [-0.2, -0.15) is 4.98 Å². The van der Waals surface area contributed by atoms with Gasteiger partial charge in [0.1, 0.15) is 17.0 Å². The molecule has 0 saturated carbocycles. The molecule has 4 heterocycles. The molecule has 1 aliphatic heterocycles. The minimum atomic E-state index is 0.553. The second-order valence-corrected chi connectivity index (χ2v) is 8.07. The Morgan fingerprint density at radius 3 is 2.67 bits per heavy atom. The second kappa shape index (κ2) is 6.92. The summed E-state index contributed by atoms with van der Waals surface area (Å²) in [5.41, 5.74) is 1.50. The first-order valence-electron chi connectivity index (χ1n) is 9.44. The van der Waals surface area contributed by atoms with Crippen molar-refractivity contribution in [3.05, 3.63) is 29.2 Å². The quantitative estimate of drug-likeness (QED) is 0.690. The van der Waals surface area contributed by atoms with Gasteiger partial charge in [-0.15, -0.1) is 11.3 Å². The van der Waals surface area contributed by atoms with Crippen molar-refractivity contribution in [2.24, 2.45) is 0 Å². The first-order chi connectivity index (χ1) is 13.3. The number of nitrogens with zero attached hydrogens (tertiary/aromatic N) is 6. The standard InChI is InChI=1S/C19H22N6OS/c1-26-16-11-20-10-15(23-16)24-6-8-25(9-7-24)18-17-13-4-2-3-5-14(13)27-19(17)22-12-21-18/h10-12H,2-9H2,1H3. The van der Waals surface area contributed by atoms with Crippen LogP contribution in [0.3, 0.4) is 0 Å². The second-order valence-electron chi connectivity index (χ2n) is 6.98. The summed E-state index contributed by atoms with van der Waals surface area (Å²) in [4.78, 5) is 25.3. The van der Waals surface area contributed by atoms with Crippen LogP contribution in [0.2, 0.25) is 0 Å². The van der Waals surface area contributed by atoms with E-state index in [1.807, 2.05) is 11.3 Å². The van der Waals surface area contributed by atoms with Gasteiger partial charge in [-0.25, -0.2) is 9.97 Å². The number of methoxy groups -OCH3 is 1. The zero-order valence-electron chi connectivity index (χ0n) is 15.4. The van der Waals surface area contributed by atoms with Gasteiger partial charge in [0.05, 0.1) is 24.9 Å². The Balaban J connectivity index is 1.40. The van der Waals surface area contributed by atoms with Gasteiger partial charge in [-0.05, 0) is 31.2 Å². The number of fused-ring (bicyclic) bond motifs is 3. The lowest BCUT2D eigenvalue weighted by Crippen LogP contribution is -2.47. The molecule has 140 valence electrons.